The summed E-state index contributed by atoms with van der Waals surface area (Å²) in [5.41, 5.74) is -0.276. The summed E-state index contributed by atoms with van der Waals surface area (Å²) in [5.74, 6) is -3.18. The molecule has 0 spiro atoms. The van der Waals surface area contributed by atoms with Crippen molar-refractivity contribution in [2.45, 2.75) is 6.92 Å². The van der Waals surface area contributed by atoms with Crippen LogP contribution in [0, 0.1) is 6.92 Å². The number of hydrogen-bond donors (Lipinski definition) is 5. The molecule has 104 valence electrons. The number of hydrogen-bond acceptors (Lipinski definition) is 6. The lowest BCUT2D eigenvalue weighted by Gasteiger charge is -2.10. The summed E-state index contributed by atoms with van der Waals surface area (Å²) >= 11 is 0. The van der Waals surface area contributed by atoms with Crippen molar-refractivity contribution in [2.24, 2.45) is 0 Å². The summed E-state index contributed by atoms with van der Waals surface area (Å²) in [7, 11) is 0. The summed E-state index contributed by atoms with van der Waals surface area (Å²) < 4.78 is 0. The van der Waals surface area contributed by atoms with E-state index in [2.05, 4.69) is 0 Å². The molecule has 0 aromatic heterocycles. The standard InChI is InChI=1S/C14H12O6/c1-6-10(16)5-8(14(20)12(6)18)13(19)7-2-3-9(15)11(17)4-7/h2-5,15-18,20H,1H3. The summed E-state index contributed by atoms with van der Waals surface area (Å²) in [5, 5.41) is 47.5. The van der Waals surface area contributed by atoms with Gasteiger partial charge in [-0.05, 0) is 31.2 Å². The molecule has 0 bridgehead atoms. The second-order valence-corrected chi connectivity index (χ2v) is 4.30. The molecule has 0 atom stereocenters. The molecule has 0 aliphatic rings. The van der Waals surface area contributed by atoms with E-state index in [4.69, 9.17) is 0 Å². The molecule has 0 unspecified atom stereocenters. The molecule has 2 aromatic rings. The first-order valence-corrected chi connectivity index (χ1v) is 5.64. The molecule has 20 heavy (non-hydrogen) atoms. The highest BCUT2D eigenvalue weighted by Gasteiger charge is 2.21. The van der Waals surface area contributed by atoms with Crippen LogP contribution < -0.4 is 0 Å². The number of ketones is 1. The fraction of sp³-hybridized carbons (Fsp3) is 0.0714. The molecule has 0 amide bonds. The van der Waals surface area contributed by atoms with Gasteiger partial charge in [-0.15, -0.1) is 0 Å². The number of benzene rings is 2. The monoisotopic (exact) mass is 276 g/mol. The summed E-state index contributed by atoms with van der Waals surface area (Å²) in [6.07, 6.45) is 0. The highest BCUT2D eigenvalue weighted by molar-refractivity contribution is 6.11. The third-order valence-corrected chi connectivity index (χ3v) is 2.98. The van der Waals surface area contributed by atoms with Gasteiger partial charge in [0.1, 0.15) is 5.75 Å². The normalized spacial score (nSPS) is 10.4. The first kappa shape index (κ1) is 13.5. The molecule has 0 saturated heterocycles. The molecule has 0 aliphatic heterocycles. The van der Waals surface area contributed by atoms with Crippen LogP contribution in [0.2, 0.25) is 0 Å². The van der Waals surface area contributed by atoms with Crippen molar-refractivity contribution in [3.63, 3.8) is 0 Å². The lowest BCUT2D eigenvalue weighted by atomic mass is 9.99. The highest BCUT2D eigenvalue weighted by Crippen LogP contribution is 2.39. The van der Waals surface area contributed by atoms with E-state index in [9.17, 15) is 30.3 Å². The van der Waals surface area contributed by atoms with Crippen LogP contribution in [0.15, 0.2) is 24.3 Å². The van der Waals surface area contributed by atoms with Crippen molar-refractivity contribution < 1.29 is 30.3 Å². The minimum absolute atomic E-state index is 0.0155. The Morgan fingerprint density at radius 3 is 2.10 bits per heavy atom. The molecular formula is C14H12O6. The number of carbonyl (C=O) groups is 1. The molecule has 0 heterocycles. The van der Waals surface area contributed by atoms with Crippen LogP contribution in [0.5, 0.6) is 28.7 Å². The molecular weight excluding hydrogens is 264 g/mol. The fourth-order valence-corrected chi connectivity index (χ4v) is 1.73. The predicted molar refractivity (Wildman–Crippen MR) is 69.4 cm³/mol. The van der Waals surface area contributed by atoms with Crippen LogP contribution in [0.25, 0.3) is 0 Å². The van der Waals surface area contributed by atoms with Crippen molar-refractivity contribution in [1.29, 1.82) is 0 Å². The molecule has 0 radical (unpaired) electrons. The lowest BCUT2D eigenvalue weighted by molar-refractivity contribution is 0.103. The second-order valence-electron chi connectivity index (χ2n) is 4.30. The van der Waals surface area contributed by atoms with Gasteiger partial charge < -0.3 is 25.5 Å². The Balaban J connectivity index is 2.56. The molecule has 0 aliphatic carbocycles. The van der Waals surface area contributed by atoms with Gasteiger partial charge in [0.25, 0.3) is 0 Å². The maximum atomic E-state index is 12.2. The van der Waals surface area contributed by atoms with Gasteiger partial charge in [0.05, 0.1) is 5.56 Å². The van der Waals surface area contributed by atoms with Gasteiger partial charge in [0, 0.05) is 11.1 Å². The average molecular weight is 276 g/mol. The minimum Gasteiger partial charge on any atom is -0.508 e. The first-order chi connectivity index (χ1) is 9.32. The van der Waals surface area contributed by atoms with Gasteiger partial charge in [-0.1, -0.05) is 0 Å². The van der Waals surface area contributed by atoms with Crippen molar-refractivity contribution >= 4 is 5.78 Å². The second kappa shape index (κ2) is 4.65. The van der Waals surface area contributed by atoms with E-state index in [-0.39, 0.29) is 28.2 Å². The average Bonchev–Trinajstić information content (AvgIpc) is 2.43. The number of phenolic OH excluding ortho intramolecular Hbond substituents is 5. The SMILES string of the molecule is Cc1c(O)cc(C(=O)c2ccc(O)c(O)c2)c(O)c1O. The third-order valence-electron chi connectivity index (χ3n) is 2.98. The molecule has 6 heteroatoms. The van der Waals surface area contributed by atoms with Crippen LogP contribution in [-0.4, -0.2) is 31.3 Å². The Hall–Kier alpha value is -2.89. The smallest absolute Gasteiger partial charge is 0.197 e. The molecule has 0 saturated carbocycles. The maximum Gasteiger partial charge on any atom is 0.197 e. The quantitative estimate of drug-likeness (QED) is 0.324. The van der Waals surface area contributed by atoms with Crippen molar-refractivity contribution in [2.75, 3.05) is 0 Å². The number of phenols is 5. The Bertz CT molecular complexity index is 705. The van der Waals surface area contributed by atoms with Crippen molar-refractivity contribution in [3.05, 3.63) is 41.0 Å². The van der Waals surface area contributed by atoms with E-state index in [1.54, 1.807) is 0 Å². The highest BCUT2D eigenvalue weighted by atomic mass is 16.3. The van der Waals surface area contributed by atoms with E-state index in [1.165, 1.54) is 13.0 Å². The zero-order valence-electron chi connectivity index (χ0n) is 10.5. The van der Waals surface area contributed by atoms with Gasteiger partial charge >= 0.3 is 0 Å². The third kappa shape index (κ3) is 2.07. The van der Waals surface area contributed by atoms with Crippen LogP contribution in [0.3, 0.4) is 0 Å². The molecule has 5 N–H and O–H groups in total. The van der Waals surface area contributed by atoms with Crippen molar-refractivity contribution in [3.8, 4) is 28.7 Å². The van der Waals surface area contributed by atoms with E-state index in [1.807, 2.05) is 0 Å². The lowest BCUT2D eigenvalue weighted by Crippen LogP contribution is -2.02. The number of rotatable bonds is 2. The van der Waals surface area contributed by atoms with E-state index >= 15 is 0 Å². The van der Waals surface area contributed by atoms with Crippen LogP contribution >= 0.6 is 0 Å². The zero-order valence-corrected chi connectivity index (χ0v) is 10.5. The summed E-state index contributed by atoms with van der Waals surface area (Å²) in [6, 6.07) is 4.40. The Morgan fingerprint density at radius 2 is 1.50 bits per heavy atom. The number of aromatic hydroxyl groups is 5. The van der Waals surface area contributed by atoms with Crippen molar-refractivity contribution in [1.82, 2.24) is 0 Å². The molecule has 0 fully saturated rings. The molecule has 2 aromatic carbocycles. The Kier molecular flexibility index (Phi) is 3.15. The Morgan fingerprint density at radius 1 is 0.850 bits per heavy atom. The van der Waals surface area contributed by atoms with Gasteiger partial charge in [0.15, 0.2) is 28.8 Å². The van der Waals surface area contributed by atoms with Gasteiger partial charge in [-0.2, -0.15) is 0 Å². The maximum absolute atomic E-state index is 12.2. The van der Waals surface area contributed by atoms with Gasteiger partial charge in [-0.3, -0.25) is 4.79 Å². The topological polar surface area (TPSA) is 118 Å². The van der Waals surface area contributed by atoms with Gasteiger partial charge in [-0.25, -0.2) is 0 Å². The molecule has 6 nitrogen and oxygen atoms in total. The van der Waals surface area contributed by atoms with Crippen LogP contribution in [0.1, 0.15) is 21.5 Å². The minimum atomic E-state index is -0.719. The van der Waals surface area contributed by atoms with E-state index in [0.29, 0.717) is 0 Å². The number of carbonyl (C=O) groups excluding carboxylic acids is 1. The Labute approximate surface area is 113 Å². The fourth-order valence-electron chi connectivity index (χ4n) is 1.73. The molecule has 2 rings (SSSR count). The first-order valence-electron chi connectivity index (χ1n) is 5.64. The predicted octanol–water partition coefficient (Wildman–Crippen LogP) is 1.75. The van der Waals surface area contributed by atoms with Gasteiger partial charge in [0.2, 0.25) is 0 Å². The van der Waals surface area contributed by atoms with E-state index < -0.39 is 23.0 Å². The largest absolute Gasteiger partial charge is 0.508 e. The van der Waals surface area contributed by atoms with Crippen LogP contribution in [-0.2, 0) is 0 Å². The summed E-state index contributed by atoms with van der Waals surface area (Å²) in [6.45, 7) is 1.38. The van der Waals surface area contributed by atoms with Crippen LogP contribution in [0.4, 0.5) is 0 Å². The van der Waals surface area contributed by atoms with E-state index in [0.717, 1.165) is 18.2 Å². The zero-order chi connectivity index (χ0) is 15.0. The summed E-state index contributed by atoms with van der Waals surface area (Å²) in [4.78, 5) is 12.2.